The second kappa shape index (κ2) is 7.59. The van der Waals surface area contributed by atoms with E-state index in [2.05, 4.69) is 12.2 Å². The highest BCUT2D eigenvalue weighted by Crippen LogP contribution is 2.28. The monoisotopic (exact) mass is 294 g/mol. The Kier molecular flexibility index (Phi) is 5.79. The molecule has 0 heterocycles. The van der Waals surface area contributed by atoms with Gasteiger partial charge in [0.05, 0.1) is 6.04 Å². The number of hydrogen-bond donors (Lipinski definition) is 2. The van der Waals surface area contributed by atoms with Gasteiger partial charge in [0.2, 0.25) is 0 Å². The number of anilines is 2. The van der Waals surface area contributed by atoms with E-state index < -0.39 is 10.9 Å². The number of nitrogens with one attached hydrogen (secondary N) is 1. The van der Waals surface area contributed by atoms with Crippen molar-refractivity contribution < 1.29 is 5.21 Å². The highest BCUT2D eigenvalue weighted by Gasteiger charge is 2.30. The van der Waals surface area contributed by atoms with Gasteiger partial charge in [0.15, 0.2) is 0 Å². The summed E-state index contributed by atoms with van der Waals surface area (Å²) in [6, 6.07) is -0.0253. The van der Waals surface area contributed by atoms with Crippen molar-refractivity contribution >= 4 is 11.4 Å². The Morgan fingerprint density at radius 2 is 1.81 bits per heavy atom. The van der Waals surface area contributed by atoms with E-state index in [1.165, 1.54) is 12.8 Å². The zero-order valence-electron chi connectivity index (χ0n) is 12.9. The van der Waals surface area contributed by atoms with Crippen LogP contribution in [-0.4, -0.2) is 17.8 Å². The van der Waals surface area contributed by atoms with E-state index in [1.54, 1.807) is 0 Å². The molecule has 1 fully saturated rings. The van der Waals surface area contributed by atoms with E-state index in [-0.39, 0.29) is 11.7 Å². The third-order valence-electron chi connectivity index (χ3n) is 4.37. The Balaban J connectivity index is 1.95. The molecule has 0 radical (unpaired) electrons. The summed E-state index contributed by atoms with van der Waals surface area (Å²) in [5.74, 6) is 0. The molecule has 1 aliphatic carbocycles. The molecule has 0 atom stereocenters. The van der Waals surface area contributed by atoms with Gasteiger partial charge in [-0.2, -0.15) is 0 Å². The van der Waals surface area contributed by atoms with Crippen LogP contribution >= 0.6 is 0 Å². The van der Waals surface area contributed by atoms with Crippen LogP contribution < -0.4 is 21.2 Å². The molecular formula is C16H26N2O3. The molecule has 0 amide bonds. The maximum atomic E-state index is 11.7. The van der Waals surface area contributed by atoms with Crippen molar-refractivity contribution in [3.8, 4) is 0 Å². The van der Waals surface area contributed by atoms with Crippen molar-refractivity contribution in [1.29, 1.82) is 0 Å². The molecule has 0 spiro atoms. The minimum atomic E-state index is -0.556. The van der Waals surface area contributed by atoms with Gasteiger partial charge in [-0.25, -0.2) is 5.06 Å². The van der Waals surface area contributed by atoms with Crippen LogP contribution in [0.2, 0.25) is 0 Å². The molecule has 0 bridgehead atoms. The van der Waals surface area contributed by atoms with Gasteiger partial charge in [-0.3, -0.25) is 14.8 Å². The van der Waals surface area contributed by atoms with Crippen molar-refractivity contribution in [3.63, 3.8) is 0 Å². The van der Waals surface area contributed by atoms with Crippen LogP contribution in [0.5, 0.6) is 0 Å². The Labute approximate surface area is 125 Å². The van der Waals surface area contributed by atoms with Crippen LogP contribution in [0.15, 0.2) is 9.59 Å². The maximum absolute atomic E-state index is 11.7. The Hall–Kier alpha value is -1.36. The third-order valence-corrected chi connectivity index (χ3v) is 4.37. The molecule has 1 saturated carbocycles. The van der Waals surface area contributed by atoms with Crippen molar-refractivity contribution in [2.45, 2.75) is 70.8 Å². The van der Waals surface area contributed by atoms with Gasteiger partial charge in [-0.05, 0) is 19.3 Å². The van der Waals surface area contributed by atoms with Gasteiger partial charge in [-0.1, -0.05) is 45.4 Å². The van der Waals surface area contributed by atoms with E-state index in [4.69, 9.17) is 0 Å². The van der Waals surface area contributed by atoms with E-state index in [1.807, 2.05) is 0 Å². The summed E-state index contributed by atoms with van der Waals surface area (Å²) in [7, 11) is 0. The number of nitrogens with zero attached hydrogens (tertiary/aromatic N) is 1. The summed E-state index contributed by atoms with van der Waals surface area (Å²) in [5, 5.41) is 14.3. The molecule has 0 aromatic heterocycles. The quantitative estimate of drug-likeness (QED) is 0.438. The molecule has 1 aromatic carbocycles. The molecular weight excluding hydrogens is 268 g/mol. The average Bonchev–Trinajstić information content (AvgIpc) is 2.53. The zero-order chi connectivity index (χ0) is 15.2. The van der Waals surface area contributed by atoms with Crippen LogP contribution in [0.1, 0.15) is 64.7 Å². The lowest BCUT2D eigenvalue weighted by Gasteiger charge is -2.32. The fraction of sp³-hybridized carbons (Fsp3) is 0.750. The standard InChI is InChI=1S/C16H26N2O3/c1-2-3-4-8-11-17-13-14(16(20)15(13)19)18(21)12-9-6-5-7-10-12/h12,17,21H,2-11H2,1H3. The molecule has 118 valence electrons. The van der Waals surface area contributed by atoms with Crippen LogP contribution in [0.4, 0.5) is 11.4 Å². The maximum Gasteiger partial charge on any atom is 0.255 e. The fourth-order valence-electron chi connectivity index (χ4n) is 3.04. The molecule has 5 heteroatoms. The highest BCUT2D eigenvalue weighted by atomic mass is 16.5. The summed E-state index contributed by atoms with van der Waals surface area (Å²) in [6.07, 6.45) is 9.50. The third kappa shape index (κ3) is 3.64. The summed E-state index contributed by atoms with van der Waals surface area (Å²) in [6.45, 7) is 2.83. The highest BCUT2D eigenvalue weighted by molar-refractivity contribution is 5.74. The van der Waals surface area contributed by atoms with Gasteiger partial charge in [0.25, 0.3) is 10.9 Å². The van der Waals surface area contributed by atoms with Gasteiger partial charge in [0.1, 0.15) is 11.4 Å². The van der Waals surface area contributed by atoms with E-state index in [9.17, 15) is 14.8 Å². The molecule has 0 saturated heterocycles. The molecule has 2 rings (SSSR count). The first-order chi connectivity index (χ1) is 10.2. The van der Waals surface area contributed by atoms with E-state index in [0.29, 0.717) is 12.2 Å². The number of rotatable bonds is 8. The Morgan fingerprint density at radius 3 is 2.48 bits per heavy atom. The smallest absolute Gasteiger partial charge is 0.255 e. The van der Waals surface area contributed by atoms with Crippen molar-refractivity contribution in [1.82, 2.24) is 0 Å². The van der Waals surface area contributed by atoms with E-state index >= 15 is 0 Å². The molecule has 0 unspecified atom stereocenters. The Morgan fingerprint density at radius 1 is 1.10 bits per heavy atom. The molecule has 0 aliphatic heterocycles. The number of unbranched alkanes of at least 4 members (excludes halogenated alkanes) is 3. The summed E-state index contributed by atoms with van der Waals surface area (Å²) < 4.78 is 0. The topological polar surface area (TPSA) is 69.6 Å². The largest absolute Gasteiger partial charge is 0.380 e. The number of hydroxylamine groups is 1. The lowest BCUT2D eigenvalue weighted by atomic mass is 9.94. The van der Waals surface area contributed by atoms with Gasteiger partial charge < -0.3 is 5.32 Å². The zero-order valence-corrected chi connectivity index (χ0v) is 12.9. The molecule has 1 aromatic rings. The lowest BCUT2D eigenvalue weighted by Crippen LogP contribution is -2.46. The van der Waals surface area contributed by atoms with Crippen LogP contribution in [0, 0.1) is 0 Å². The Bertz CT molecular complexity index is 514. The SMILES string of the molecule is CCCCCCNc1c(N(O)C2CCCCC2)c(=O)c1=O. The van der Waals surface area contributed by atoms with E-state index in [0.717, 1.165) is 50.0 Å². The van der Waals surface area contributed by atoms with Crippen molar-refractivity contribution in [3.05, 3.63) is 20.4 Å². The second-order valence-electron chi connectivity index (χ2n) is 6.01. The second-order valence-corrected chi connectivity index (χ2v) is 6.01. The molecule has 5 nitrogen and oxygen atoms in total. The molecule has 2 N–H and O–H groups in total. The summed E-state index contributed by atoms with van der Waals surface area (Å²) in [5.41, 5.74) is -0.554. The first kappa shape index (κ1) is 16.0. The van der Waals surface area contributed by atoms with Gasteiger partial charge in [0, 0.05) is 6.54 Å². The van der Waals surface area contributed by atoms with Crippen molar-refractivity contribution in [2.24, 2.45) is 0 Å². The van der Waals surface area contributed by atoms with Crippen LogP contribution in [-0.2, 0) is 0 Å². The lowest BCUT2D eigenvalue weighted by molar-refractivity contribution is 0.189. The van der Waals surface area contributed by atoms with Gasteiger partial charge >= 0.3 is 0 Å². The normalized spacial score (nSPS) is 16.3. The molecule has 1 aliphatic rings. The first-order valence-electron chi connectivity index (χ1n) is 8.22. The number of hydrogen-bond acceptors (Lipinski definition) is 5. The molecule has 21 heavy (non-hydrogen) atoms. The first-order valence-corrected chi connectivity index (χ1v) is 8.22. The summed E-state index contributed by atoms with van der Waals surface area (Å²) in [4.78, 5) is 23.4. The van der Waals surface area contributed by atoms with Gasteiger partial charge in [-0.15, -0.1) is 0 Å². The predicted molar refractivity (Wildman–Crippen MR) is 85.1 cm³/mol. The summed E-state index contributed by atoms with van der Waals surface area (Å²) >= 11 is 0. The minimum absolute atomic E-state index is 0.0253. The predicted octanol–water partition coefficient (Wildman–Crippen LogP) is 2.80. The fourth-order valence-corrected chi connectivity index (χ4v) is 3.04. The van der Waals surface area contributed by atoms with Crippen LogP contribution in [0.3, 0.4) is 0 Å². The van der Waals surface area contributed by atoms with Crippen LogP contribution in [0.25, 0.3) is 0 Å². The van der Waals surface area contributed by atoms with Crippen molar-refractivity contribution in [2.75, 3.05) is 16.9 Å². The minimum Gasteiger partial charge on any atom is -0.380 e. The average molecular weight is 294 g/mol.